The van der Waals surface area contributed by atoms with Crippen molar-refractivity contribution in [3.8, 4) is 11.1 Å². The molecule has 0 unspecified atom stereocenters. The molecule has 3 rings (SSSR count). The quantitative estimate of drug-likeness (QED) is 0.896. The normalized spacial score (nSPS) is 15.9. The molecule has 2 aromatic carbocycles. The lowest BCUT2D eigenvalue weighted by molar-refractivity contribution is 0.552. The third-order valence-electron chi connectivity index (χ3n) is 4.53. The number of nitrogens with one attached hydrogen (secondary N) is 1. The van der Waals surface area contributed by atoms with Crippen LogP contribution in [0.5, 0.6) is 0 Å². The lowest BCUT2D eigenvalue weighted by Gasteiger charge is -2.15. The Hall–Kier alpha value is -1.65. The van der Waals surface area contributed by atoms with Gasteiger partial charge in [0.2, 0.25) is 10.0 Å². The second-order valence-electron chi connectivity index (χ2n) is 6.15. The van der Waals surface area contributed by atoms with Gasteiger partial charge >= 0.3 is 0 Å². The third kappa shape index (κ3) is 3.65. The highest BCUT2D eigenvalue weighted by Gasteiger charge is 2.25. The van der Waals surface area contributed by atoms with Gasteiger partial charge in [0.05, 0.1) is 4.90 Å². The van der Waals surface area contributed by atoms with Crippen LogP contribution in [-0.2, 0) is 16.4 Å². The summed E-state index contributed by atoms with van der Waals surface area (Å²) >= 11 is 0. The van der Waals surface area contributed by atoms with Crippen LogP contribution in [0.3, 0.4) is 0 Å². The maximum absolute atomic E-state index is 12.8. The van der Waals surface area contributed by atoms with Crippen LogP contribution in [0.15, 0.2) is 53.4 Å². The van der Waals surface area contributed by atoms with E-state index in [1.54, 1.807) is 12.1 Å². The number of rotatable bonds is 5. The van der Waals surface area contributed by atoms with Gasteiger partial charge in [-0.3, -0.25) is 0 Å². The van der Waals surface area contributed by atoms with Gasteiger partial charge in [-0.1, -0.05) is 62.2 Å². The molecule has 0 bridgehead atoms. The molecule has 1 fully saturated rings. The first-order valence-corrected chi connectivity index (χ1v) is 9.79. The molecule has 0 spiro atoms. The van der Waals surface area contributed by atoms with Crippen molar-refractivity contribution in [3.63, 3.8) is 0 Å². The smallest absolute Gasteiger partial charge is 0.208 e. The van der Waals surface area contributed by atoms with Crippen LogP contribution in [-0.4, -0.2) is 14.5 Å². The van der Waals surface area contributed by atoms with Crippen molar-refractivity contribution in [2.45, 2.75) is 50.0 Å². The summed E-state index contributed by atoms with van der Waals surface area (Å²) < 4.78 is 28.5. The number of benzene rings is 2. The van der Waals surface area contributed by atoms with Crippen molar-refractivity contribution in [2.75, 3.05) is 0 Å². The molecule has 3 nitrogen and oxygen atoms in total. The Balaban J connectivity index is 1.96. The fourth-order valence-electron chi connectivity index (χ4n) is 3.19. The molecule has 0 radical (unpaired) electrons. The first-order valence-electron chi connectivity index (χ1n) is 8.31. The van der Waals surface area contributed by atoms with E-state index in [0.717, 1.165) is 43.2 Å². The van der Waals surface area contributed by atoms with Gasteiger partial charge in [0, 0.05) is 11.6 Å². The fraction of sp³-hybridized carbons (Fsp3) is 0.368. The van der Waals surface area contributed by atoms with E-state index in [1.165, 1.54) is 5.56 Å². The highest BCUT2D eigenvalue weighted by atomic mass is 32.2. The second kappa shape index (κ2) is 6.85. The molecule has 1 aliphatic rings. The molecule has 0 saturated heterocycles. The van der Waals surface area contributed by atoms with Gasteiger partial charge in [-0.15, -0.1) is 0 Å². The topological polar surface area (TPSA) is 46.2 Å². The van der Waals surface area contributed by atoms with Crippen molar-refractivity contribution in [1.29, 1.82) is 0 Å². The summed E-state index contributed by atoms with van der Waals surface area (Å²) in [5.74, 6) is 0. The van der Waals surface area contributed by atoms with E-state index in [-0.39, 0.29) is 6.04 Å². The third-order valence-corrected chi connectivity index (χ3v) is 6.11. The van der Waals surface area contributed by atoms with Gasteiger partial charge in [0.25, 0.3) is 0 Å². The summed E-state index contributed by atoms with van der Waals surface area (Å²) in [6, 6.07) is 15.4. The van der Waals surface area contributed by atoms with Gasteiger partial charge in [0.1, 0.15) is 0 Å². The van der Waals surface area contributed by atoms with E-state index in [0.29, 0.717) is 4.90 Å². The average Bonchev–Trinajstić information content (AvgIpc) is 3.07. The van der Waals surface area contributed by atoms with E-state index in [9.17, 15) is 8.42 Å². The summed E-state index contributed by atoms with van der Waals surface area (Å²) in [6.07, 6.45) is 5.06. The van der Waals surface area contributed by atoms with Crippen LogP contribution >= 0.6 is 0 Å². The lowest BCUT2D eigenvalue weighted by atomic mass is 10.0. The monoisotopic (exact) mass is 329 g/mol. The number of sulfonamides is 1. The summed E-state index contributed by atoms with van der Waals surface area (Å²) in [7, 11) is -3.49. The molecular weight excluding hydrogens is 306 g/mol. The molecule has 0 aliphatic heterocycles. The van der Waals surface area contributed by atoms with Gasteiger partial charge in [0.15, 0.2) is 0 Å². The zero-order valence-corrected chi connectivity index (χ0v) is 14.3. The summed E-state index contributed by atoms with van der Waals surface area (Å²) in [6.45, 7) is 2.11. The largest absolute Gasteiger partial charge is 0.241 e. The maximum Gasteiger partial charge on any atom is 0.241 e. The molecule has 1 N–H and O–H groups in total. The highest BCUT2D eigenvalue weighted by Crippen LogP contribution is 2.29. The molecule has 4 heteroatoms. The van der Waals surface area contributed by atoms with Gasteiger partial charge < -0.3 is 0 Å². The fourth-order valence-corrected chi connectivity index (χ4v) is 4.72. The highest BCUT2D eigenvalue weighted by molar-refractivity contribution is 7.89. The Morgan fingerprint density at radius 2 is 1.65 bits per heavy atom. The van der Waals surface area contributed by atoms with Crippen LogP contribution in [0.4, 0.5) is 0 Å². The second-order valence-corrected chi connectivity index (χ2v) is 7.83. The van der Waals surface area contributed by atoms with Gasteiger partial charge in [-0.05, 0) is 36.5 Å². The predicted molar refractivity (Wildman–Crippen MR) is 93.8 cm³/mol. The SMILES string of the molecule is CCc1ccc(-c2ccccc2S(=O)(=O)NC2CCCC2)cc1. The van der Waals surface area contributed by atoms with Crippen molar-refractivity contribution in [1.82, 2.24) is 4.72 Å². The number of aryl methyl sites for hydroxylation is 1. The van der Waals surface area contributed by atoms with Crippen LogP contribution in [0.2, 0.25) is 0 Å². The van der Waals surface area contributed by atoms with Gasteiger partial charge in [-0.25, -0.2) is 13.1 Å². The van der Waals surface area contributed by atoms with E-state index in [1.807, 2.05) is 24.3 Å². The van der Waals surface area contributed by atoms with Gasteiger partial charge in [-0.2, -0.15) is 0 Å². The van der Waals surface area contributed by atoms with Crippen molar-refractivity contribution in [2.24, 2.45) is 0 Å². The maximum atomic E-state index is 12.8. The molecular formula is C19H23NO2S. The Morgan fingerprint density at radius 1 is 1.00 bits per heavy atom. The Kier molecular flexibility index (Phi) is 4.83. The molecule has 2 aromatic rings. The van der Waals surface area contributed by atoms with Crippen molar-refractivity contribution >= 4 is 10.0 Å². The van der Waals surface area contributed by atoms with Crippen LogP contribution in [0, 0.1) is 0 Å². The summed E-state index contributed by atoms with van der Waals surface area (Å²) in [4.78, 5) is 0.371. The first-order chi connectivity index (χ1) is 11.1. The Morgan fingerprint density at radius 3 is 2.30 bits per heavy atom. The molecule has 0 heterocycles. The molecule has 1 aliphatic carbocycles. The Labute approximate surface area is 138 Å². The summed E-state index contributed by atoms with van der Waals surface area (Å²) in [5.41, 5.74) is 2.95. The zero-order valence-electron chi connectivity index (χ0n) is 13.5. The van der Waals surface area contributed by atoms with Crippen molar-refractivity contribution < 1.29 is 8.42 Å². The van der Waals surface area contributed by atoms with E-state index in [2.05, 4.69) is 23.8 Å². The zero-order chi connectivity index (χ0) is 16.3. The molecule has 1 saturated carbocycles. The first kappa shape index (κ1) is 16.2. The minimum Gasteiger partial charge on any atom is -0.208 e. The molecule has 122 valence electrons. The van der Waals surface area contributed by atoms with E-state index < -0.39 is 10.0 Å². The molecule has 23 heavy (non-hydrogen) atoms. The molecule has 0 atom stereocenters. The Bertz CT molecular complexity index is 760. The summed E-state index contributed by atoms with van der Waals surface area (Å²) in [5, 5.41) is 0. The predicted octanol–water partition coefficient (Wildman–Crippen LogP) is 4.14. The lowest BCUT2D eigenvalue weighted by Crippen LogP contribution is -2.32. The minimum absolute atomic E-state index is 0.0792. The van der Waals surface area contributed by atoms with E-state index in [4.69, 9.17) is 0 Å². The minimum atomic E-state index is -3.49. The van der Waals surface area contributed by atoms with Crippen LogP contribution in [0.1, 0.15) is 38.2 Å². The average molecular weight is 329 g/mol. The standard InChI is InChI=1S/C19H23NO2S/c1-2-15-11-13-16(14-12-15)18-9-5-6-10-19(18)23(21,22)20-17-7-3-4-8-17/h5-6,9-14,17,20H,2-4,7-8H2,1H3. The molecule has 0 amide bonds. The molecule has 0 aromatic heterocycles. The van der Waals surface area contributed by atoms with E-state index >= 15 is 0 Å². The van der Waals surface area contributed by atoms with Crippen LogP contribution < -0.4 is 4.72 Å². The number of hydrogen-bond acceptors (Lipinski definition) is 2. The number of hydrogen-bond donors (Lipinski definition) is 1. The van der Waals surface area contributed by atoms with Crippen LogP contribution in [0.25, 0.3) is 11.1 Å². The van der Waals surface area contributed by atoms with Crippen molar-refractivity contribution in [3.05, 3.63) is 54.1 Å².